The van der Waals surface area contributed by atoms with Crippen LogP contribution in [0.2, 0.25) is 5.02 Å². The van der Waals surface area contributed by atoms with Crippen molar-refractivity contribution >= 4 is 23.2 Å². The van der Waals surface area contributed by atoms with E-state index in [-0.39, 0.29) is 17.9 Å². The average molecular weight is 339 g/mol. The van der Waals surface area contributed by atoms with E-state index < -0.39 is 0 Å². The standard InChI is InChI=1S/C17H23ClN2O3/c1-12-4-7-23-16(12)17(21)19-14-3-2-13(15(18)10-14)11-20-5-8-22-9-6-20/h2-3,10,12,16H,4-9,11H2,1H3,(H,19,21)/t12-,16+/m1/s1. The molecule has 2 atom stereocenters. The lowest BCUT2D eigenvalue weighted by atomic mass is 10.0. The highest BCUT2D eigenvalue weighted by molar-refractivity contribution is 6.31. The van der Waals surface area contributed by atoms with Crippen molar-refractivity contribution in [2.75, 3.05) is 38.2 Å². The van der Waals surface area contributed by atoms with E-state index in [1.54, 1.807) is 0 Å². The number of benzene rings is 1. The molecular formula is C17H23ClN2O3. The number of carbonyl (C=O) groups excluding carboxylic acids is 1. The van der Waals surface area contributed by atoms with E-state index in [4.69, 9.17) is 21.1 Å². The summed E-state index contributed by atoms with van der Waals surface area (Å²) in [5.74, 6) is 0.165. The van der Waals surface area contributed by atoms with Gasteiger partial charge in [-0.1, -0.05) is 24.6 Å². The molecule has 0 aromatic heterocycles. The van der Waals surface area contributed by atoms with Gasteiger partial charge in [-0.3, -0.25) is 9.69 Å². The van der Waals surface area contributed by atoms with Crippen LogP contribution in [0.1, 0.15) is 18.9 Å². The summed E-state index contributed by atoms with van der Waals surface area (Å²) in [6, 6.07) is 5.69. The Hall–Kier alpha value is -1.14. The Morgan fingerprint density at radius 3 is 2.78 bits per heavy atom. The molecule has 1 aromatic carbocycles. The first-order valence-electron chi connectivity index (χ1n) is 8.14. The first-order valence-corrected chi connectivity index (χ1v) is 8.52. The smallest absolute Gasteiger partial charge is 0.253 e. The van der Waals surface area contributed by atoms with E-state index in [2.05, 4.69) is 10.2 Å². The fraction of sp³-hybridized carbons (Fsp3) is 0.588. The SMILES string of the molecule is C[C@@H]1CCO[C@@H]1C(=O)Nc1ccc(CN2CCOCC2)c(Cl)c1. The van der Waals surface area contributed by atoms with Crippen LogP contribution in [0, 0.1) is 5.92 Å². The van der Waals surface area contributed by atoms with Crippen molar-refractivity contribution in [2.24, 2.45) is 5.92 Å². The molecule has 3 rings (SSSR count). The molecule has 0 radical (unpaired) electrons. The number of carbonyl (C=O) groups is 1. The molecule has 2 heterocycles. The third-order valence-electron chi connectivity index (χ3n) is 4.46. The van der Waals surface area contributed by atoms with Crippen LogP contribution in [0.3, 0.4) is 0 Å². The molecule has 1 aromatic rings. The molecule has 0 aliphatic carbocycles. The summed E-state index contributed by atoms with van der Waals surface area (Å²) >= 11 is 6.38. The minimum absolute atomic E-state index is 0.0907. The Balaban J connectivity index is 1.61. The third kappa shape index (κ3) is 4.23. The van der Waals surface area contributed by atoms with Crippen molar-refractivity contribution in [3.63, 3.8) is 0 Å². The van der Waals surface area contributed by atoms with E-state index in [1.165, 1.54) is 0 Å². The molecule has 0 saturated carbocycles. The summed E-state index contributed by atoms with van der Waals surface area (Å²) in [6.45, 7) is 6.88. The summed E-state index contributed by atoms with van der Waals surface area (Å²) < 4.78 is 10.8. The molecule has 126 valence electrons. The van der Waals surface area contributed by atoms with Crippen molar-refractivity contribution in [1.29, 1.82) is 0 Å². The van der Waals surface area contributed by atoms with Gasteiger partial charge < -0.3 is 14.8 Å². The zero-order valence-corrected chi connectivity index (χ0v) is 14.1. The summed E-state index contributed by atoms with van der Waals surface area (Å²) in [7, 11) is 0. The minimum atomic E-state index is -0.359. The Bertz CT molecular complexity index is 561. The van der Waals surface area contributed by atoms with E-state index in [0.29, 0.717) is 17.3 Å². The van der Waals surface area contributed by atoms with Gasteiger partial charge in [0.15, 0.2) is 0 Å². The van der Waals surface area contributed by atoms with Crippen LogP contribution in [0.4, 0.5) is 5.69 Å². The second-order valence-electron chi connectivity index (χ2n) is 6.24. The summed E-state index contributed by atoms with van der Waals surface area (Å²) in [5, 5.41) is 3.58. The normalized spacial score (nSPS) is 25.5. The maximum absolute atomic E-state index is 12.2. The zero-order chi connectivity index (χ0) is 16.2. The Labute approximate surface area is 141 Å². The molecule has 2 aliphatic rings. The van der Waals surface area contributed by atoms with E-state index in [9.17, 15) is 4.79 Å². The highest BCUT2D eigenvalue weighted by atomic mass is 35.5. The van der Waals surface area contributed by atoms with Gasteiger partial charge in [0.1, 0.15) is 6.10 Å². The number of amides is 1. The number of nitrogens with one attached hydrogen (secondary N) is 1. The molecule has 2 saturated heterocycles. The molecule has 0 spiro atoms. The molecule has 23 heavy (non-hydrogen) atoms. The molecule has 5 nitrogen and oxygen atoms in total. The van der Waals surface area contributed by atoms with Gasteiger partial charge in [0.2, 0.25) is 0 Å². The minimum Gasteiger partial charge on any atom is -0.379 e. The number of rotatable bonds is 4. The lowest BCUT2D eigenvalue weighted by Crippen LogP contribution is -2.35. The van der Waals surface area contributed by atoms with Crippen LogP contribution in [0.15, 0.2) is 18.2 Å². The lowest BCUT2D eigenvalue weighted by Gasteiger charge is -2.27. The molecule has 2 fully saturated rings. The number of anilines is 1. The topological polar surface area (TPSA) is 50.8 Å². The van der Waals surface area contributed by atoms with Gasteiger partial charge in [0.25, 0.3) is 5.91 Å². The number of ether oxygens (including phenoxy) is 2. The van der Waals surface area contributed by atoms with Crippen LogP contribution >= 0.6 is 11.6 Å². The van der Waals surface area contributed by atoms with Crippen LogP contribution in [0.5, 0.6) is 0 Å². The van der Waals surface area contributed by atoms with Crippen LogP contribution < -0.4 is 5.32 Å². The first kappa shape index (κ1) is 16.7. The van der Waals surface area contributed by atoms with Gasteiger partial charge in [-0.15, -0.1) is 0 Å². The molecule has 1 N–H and O–H groups in total. The first-order chi connectivity index (χ1) is 11.1. The second kappa shape index (κ2) is 7.62. The maximum atomic E-state index is 12.2. The summed E-state index contributed by atoms with van der Waals surface area (Å²) in [5.41, 5.74) is 1.78. The quantitative estimate of drug-likeness (QED) is 0.916. The van der Waals surface area contributed by atoms with Gasteiger partial charge in [-0.25, -0.2) is 0 Å². The van der Waals surface area contributed by atoms with Gasteiger partial charge in [-0.2, -0.15) is 0 Å². The van der Waals surface area contributed by atoms with E-state index in [1.807, 2.05) is 25.1 Å². The Kier molecular flexibility index (Phi) is 5.54. The zero-order valence-electron chi connectivity index (χ0n) is 13.4. The number of nitrogens with zero attached hydrogens (tertiary/aromatic N) is 1. The van der Waals surface area contributed by atoms with Crippen LogP contribution in [-0.2, 0) is 20.8 Å². The third-order valence-corrected chi connectivity index (χ3v) is 4.82. The monoisotopic (exact) mass is 338 g/mol. The largest absolute Gasteiger partial charge is 0.379 e. The lowest BCUT2D eigenvalue weighted by molar-refractivity contribution is -0.126. The van der Waals surface area contributed by atoms with Gasteiger partial charge in [0, 0.05) is 37.0 Å². The van der Waals surface area contributed by atoms with Gasteiger partial charge >= 0.3 is 0 Å². The number of morpholine rings is 1. The van der Waals surface area contributed by atoms with Crippen molar-refractivity contribution in [2.45, 2.75) is 26.0 Å². The molecular weight excluding hydrogens is 316 g/mol. The van der Waals surface area contributed by atoms with Gasteiger partial charge in [0.05, 0.1) is 13.2 Å². The number of hydrogen-bond donors (Lipinski definition) is 1. The Morgan fingerprint density at radius 2 is 2.13 bits per heavy atom. The van der Waals surface area contributed by atoms with Crippen molar-refractivity contribution in [3.8, 4) is 0 Å². The highest BCUT2D eigenvalue weighted by Gasteiger charge is 2.30. The average Bonchev–Trinajstić information content (AvgIpc) is 2.97. The molecule has 0 bridgehead atoms. The van der Waals surface area contributed by atoms with Crippen molar-refractivity contribution < 1.29 is 14.3 Å². The predicted molar refractivity (Wildman–Crippen MR) is 89.7 cm³/mol. The van der Waals surface area contributed by atoms with Gasteiger partial charge in [-0.05, 0) is 30.0 Å². The fourth-order valence-corrected chi connectivity index (χ4v) is 3.24. The van der Waals surface area contributed by atoms with Crippen molar-refractivity contribution in [1.82, 2.24) is 4.90 Å². The van der Waals surface area contributed by atoms with E-state index in [0.717, 1.165) is 44.8 Å². The number of hydrogen-bond acceptors (Lipinski definition) is 4. The molecule has 1 amide bonds. The number of halogens is 1. The highest BCUT2D eigenvalue weighted by Crippen LogP contribution is 2.25. The van der Waals surface area contributed by atoms with Crippen molar-refractivity contribution in [3.05, 3.63) is 28.8 Å². The Morgan fingerprint density at radius 1 is 1.35 bits per heavy atom. The molecule has 6 heteroatoms. The predicted octanol–water partition coefficient (Wildman–Crippen LogP) is 2.54. The van der Waals surface area contributed by atoms with E-state index >= 15 is 0 Å². The maximum Gasteiger partial charge on any atom is 0.253 e. The summed E-state index contributed by atoms with van der Waals surface area (Å²) in [6.07, 6.45) is 0.568. The summed E-state index contributed by atoms with van der Waals surface area (Å²) in [4.78, 5) is 14.6. The van der Waals surface area contributed by atoms with Crippen LogP contribution in [-0.4, -0.2) is 49.8 Å². The molecule has 0 unspecified atom stereocenters. The fourth-order valence-electron chi connectivity index (χ4n) is 3.00. The van der Waals surface area contributed by atoms with Crippen LogP contribution in [0.25, 0.3) is 0 Å². The second-order valence-corrected chi connectivity index (χ2v) is 6.65. The molecule has 2 aliphatic heterocycles.